The van der Waals surface area contributed by atoms with Crippen molar-refractivity contribution in [2.24, 2.45) is 0 Å². The van der Waals surface area contributed by atoms with Crippen LogP contribution in [-0.4, -0.2) is 29.9 Å². The van der Waals surface area contributed by atoms with Gasteiger partial charge in [-0.3, -0.25) is 5.32 Å². The zero-order valence-corrected chi connectivity index (χ0v) is 12.5. The van der Waals surface area contributed by atoms with Crippen LogP contribution in [0.2, 0.25) is 0 Å². The topological polar surface area (TPSA) is 84.9 Å². The Morgan fingerprint density at radius 2 is 1.86 bits per heavy atom. The first kappa shape index (κ1) is 16.6. The van der Waals surface area contributed by atoms with Crippen molar-refractivity contribution < 1.29 is 24.2 Å². The van der Waals surface area contributed by atoms with Crippen molar-refractivity contribution in [3.63, 3.8) is 0 Å². The summed E-state index contributed by atoms with van der Waals surface area (Å²) >= 11 is 0. The van der Waals surface area contributed by atoms with E-state index in [-0.39, 0.29) is 11.4 Å². The summed E-state index contributed by atoms with van der Waals surface area (Å²) in [7, 11) is 1.19. The fourth-order valence-corrected chi connectivity index (χ4v) is 1.43. The molecule has 2 N–H and O–H groups in total. The maximum atomic E-state index is 11.7. The third-order valence-electron chi connectivity index (χ3n) is 2.28. The molecule has 1 aromatic carbocycles. The van der Waals surface area contributed by atoms with E-state index in [0.29, 0.717) is 5.56 Å². The van der Waals surface area contributed by atoms with Gasteiger partial charge in [0.1, 0.15) is 17.0 Å². The lowest BCUT2D eigenvalue weighted by molar-refractivity contribution is -0.136. The highest BCUT2D eigenvalue weighted by Crippen LogP contribution is 2.19. The summed E-state index contributed by atoms with van der Waals surface area (Å²) in [4.78, 5) is 23.4. The summed E-state index contributed by atoms with van der Waals surface area (Å²) in [5, 5.41) is 12.0. The van der Waals surface area contributed by atoms with Crippen LogP contribution < -0.4 is 5.32 Å². The maximum absolute atomic E-state index is 11.7. The van der Waals surface area contributed by atoms with Crippen LogP contribution in [-0.2, 0) is 14.3 Å². The van der Waals surface area contributed by atoms with Crippen molar-refractivity contribution in [2.45, 2.75) is 26.4 Å². The number of rotatable bonds is 3. The van der Waals surface area contributed by atoms with E-state index in [1.165, 1.54) is 19.3 Å². The average molecular weight is 293 g/mol. The van der Waals surface area contributed by atoms with Gasteiger partial charge in [-0.15, -0.1) is 0 Å². The maximum Gasteiger partial charge on any atom is 0.412 e. The van der Waals surface area contributed by atoms with Gasteiger partial charge in [0.25, 0.3) is 0 Å². The number of methoxy groups -OCH3 is 1. The monoisotopic (exact) mass is 293 g/mol. The van der Waals surface area contributed by atoms with E-state index in [2.05, 4.69) is 10.1 Å². The van der Waals surface area contributed by atoms with Crippen molar-refractivity contribution in [3.8, 4) is 5.75 Å². The van der Waals surface area contributed by atoms with Gasteiger partial charge in [-0.25, -0.2) is 9.59 Å². The highest BCUT2D eigenvalue weighted by Gasteiger charge is 2.20. The summed E-state index contributed by atoms with van der Waals surface area (Å²) in [6.45, 7) is 5.12. The minimum Gasteiger partial charge on any atom is -0.507 e. The number of carbonyl (C=O) groups excluding carboxylic acids is 2. The Morgan fingerprint density at radius 3 is 2.38 bits per heavy atom. The van der Waals surface area contributed by atoms with Crippen molar-refractivity contribution in [2.75, 3.05) is 7.11 Å². The summed E-state index contributed by atoms with van der Waals surface area (Å²) in [5.74, 6) is -0.769. The molecule has 0 heterocycles. The van der Waals surface area contributed by atoms with Crippen molar-refractivity contribution in [1.29, 1.82) is 0 Å². The van der Waals surface area contributed by atoms with Gasteiger partial charge in [0.15, 0.2) is 0 Å². The molecule has 0 spiro atoms. The lowest BCUT2D eigenvalue weighted by Gasteiger charge is -2.20. The minimum absolute atomic E-state index is 0.0232. The first-order valence-corrected chi connectivity index (χ1v) is 6.31. The lowest BCUT2D eigenvalue weighted by atomic mass is 10.1. The molecule has 21 heavy (non-hydrogen) atoms. The van der Waals surface area contributed by atoms with Gasteiger partial charge < -0.3 is 14.6 Å². The second-order valence-corrected chi connectivity index (χ2v) is 5.24. The number of phenols is 1. The van der Waals surface area contributed by atoms with E-state index >= 15 is 0 Å². The van der Waals surface area contributed by atoms with Crippen LogP contribution >= 0.6 is 0 Å². The van der Waals surface area contributed by atoms with Gasteiger partial charge in [-0.05, 0) is 32.9 Å². The number of amides is 1. The van der Waals surface area contributed by atoms with Crippen LogP contribution in [0.4, 0.5) is 4.79 Å². The molecular weight excluding hydrogens is 274 g/mol. The molecule has 0 aliphatic carbocycles. The van der Waals surface area contributed by atoms with Crippen LogP contribution in [0, 0.1) is 0 Å². The number of ether oxygens (including phenoxy) is 2. The number of para-hydroxylation sites is 1. The number of nitrogens with one attached hydrogen (secondary N) is 1. The molecule has 1 amide bonds. The first-order valence-electron chi connectivity index (χ1n) is 6.31. The third-order valence-corrected chi connectivity index (χ3v) is 2.28. The number of alkyl carbamates (subject to hydrolysis) is 1. The molecule has 0 radical (unpaired) electrons. The van der Waals surface area contributed by atoms with Crippen LogP contribution in [0.3, 0.4) is 0 Å². The Balaban J connectivity index is 3.00. The fraction of sp³-hybridized carbons (Fsp3) is 0.333. The number of carbonyl (C=O) groups is 2. The molecule has 1 rings (SSSR count). The smallest absolute Gasteiger partial charge is 0.412 e. The molecule has 6 heteroatoms. The largest absolute Gasteiger partial charge is 0.507 e. The minimum atomic E-state index is -0.783. The fourth-order valence-electron chi connectivity index (χ4n) is 1.43. The van der Waals surface area contributed by atoms with Crippen molar-refractivity contribution >= 4 is 18.1 Å². The Morgan fingerprint density at radius 1 is 1.24 bits per heavy atom. The Kier molecular flexibility index (Phi) is 5.35. The molecule has 0 saturated carbocycles. The van der Waals surface area contributed by atoms with Gasteiger partial charge in [0, 0.05) is 5.56 Å². The van der Waals surface area contributed by atoms with E-state index in [4.69, 9.17) is 4.74 Å². The third kappa shape index (κ3) is 5.56. The molecule has 6 nitrogen and oxygen atoms in total. The van der Waals surface area contributed by atoms with E-state index in [1.54, 1.807) is 39.0 Å². The predicted molar refractivity (Wildman–Crippen MR) is 77.5 cm³/mol. The molecule has 0 atom stereocenters. The van der Waals surface area contributed by atoms with Gasteiger partial charge >= 0.3 is 12.1 Å². The van der Waals surface area contributed by atoms with Crippen molar-refractivity contribution in [1.82, 2.24) is 5.32 Å². The van der Waals surface area contributed by atoms with Gasteiger partial charge in [-0.2, -0.15) is 0 Å². The standard InChI is InChI=1S/C15H19NO5/c1-15(2,3)21-14(19)16-11(13(18)20-4)9-10-7-5-6-8-12(10)17/h5-9,17H,1-4H3,(H,16,19)/b11-9-. The van der Waals surface area contributed by atoms with Gasteiger partial charge in [-0.1, -0.05) is 18.2 Å². The molecule has 0 unspecified atom stereocenters. The quantitative estimate of drug-likeness (QED) is 0.660. The predicted octanol–water partition coefficient (Wildman–Crippen LogP) is 2.43. The molecule has 0 aliphatic rings. The first-order chi connectivity index (χ1) is 9.73. The van der Waals surface area contributed by atoms with Gasteiger partial charge in [0.2, 0.25) is 0 Å². The average Bonchev–Trinajstić information content (AvgIpc) is 2.37. The normalized spacial score (nSPS) is 11.7. The zero-order valence-electron chi connectivity index (χ0n) is 12.5. The lowest BCUT2D eigenvalue weighted by Crippen LogP contribution is -2.34. The van der Waals surface area contributed by atoms with Crippen LogP contribution in [0.5, 0.6) is 5.75 Å². The molecule has 0 saturated heterocycles. The molecule has 0 bridgehead atoms. The summed E-state index contributed by atoms with van der Waals surface area (Å²) < 4.78 is 9.67. The van der Waals surface area contributed by atoms with Crippen LogP contribution in [0.15, 0.2) is 30.0 Å². The molecular formula is C15H19NO5. The molecule has 0 fully saturated rings. The summed E-state index contributed by atoms with van der Waals surface area (Å²) in [6.07, 6.45) is 0.528. The molecule has 114 valence electrons. The van der Waals surface area contributed by atoms with E-state index in [9.17, 15) is 14.7 Å². The van der Waals surface area contributed by atoms with Crippen LogP contribution in [0.25, 0.3) is 6.08 Å². The van der Waals surface area contributed by atoms with Crippen molar-refractivity contribution in [3.05, 3.63) is 35.5 Å². The number of hydrogen-bond acceptors (Lipinski definition) is 5. The number of esters is 1. The highest BCUT2D eigenvalue weighted by atomic mass is 16.6. The molecule has 0 aliphatic heterocycles. The number of hydrogen-bond donors (Lipinski definition) is 2. The second kappa shape index (κ2) is 6.78. The molecule has 0 aromatic heterocycles. The molecule has 1 aromatic rings. The van der Waals surface area contributed by atoms with Crippen LogP contribution in [0.1, 0.15) is 26.3 Å². The summed E-state index contributed by atoms with van der Waals surface area (Å²) in [6, 6.07) is 6.39. The number of aromatic hydroxyl groups is 1. The van der Waals surface area contributed by atoms with E-state index in [1.807, 2.05) is 0 Å². The Hall–Kier alpha value is -2.50. The van der Waals surface area contributed by atoms with E-state index < -0.39 is 17.7 Å². The zero-order chi connectivity index (χ0) is 16.0. The highest BCUT2D eigenvalue weighted by molar-refractivity contribution is 5.97. The SMILES string of the molecule is COC(=O)/C(=C/c1ccccc1O)NC(=O)OC(C)(C)C. The van der Waals surface area contributed by atoms with Gasteiger partial charge in [0.05, 0.1) is 7.11 Å². The van der Waals surface area contributed by atoms with E-state index in [0.717, 1.165) is 0 Å². The Bertz CT molecular complexity index is 557. The number of benzene rings is 1. The second-order valence-electron chi connectivity index (χ2n) is 5.24. The summed E-state index contributed by atoms with van der Waals surface area (Å²) in [5.41, 5.74) is -0.456. The number of phenolic OH excluding ortho intramolecular Hbond substituents is 1. The Labute approximate surface area is 123 Å².